The third-order valence-corrected chi connectivity index (χ3v) is 8.92. The molecule has 0 fully saturated rings. The number of hydrogen-bond acceptors (Lipinski definition) is 4. The third kappa shape index (κ3) is 4.69. The van der Waals surface area contributed by atoms with E-state index in [1.54, 1.807) is 42.5 Å². The van der Waals surface area contributed by atoms with Gasteiger partial charge in [0.1, 0.15) is 0 Å². The van der Waals surface area contributed by atoms with Crippen LogP contribution in [0.25, 0.3) is 10.1 Å². The first-order valence-electron chi connectivity index (χ1n) is 10.2. The van der Waals surface area contributed by atoms with Crippen molar-refractivity contribution in [3.8, 4) is 0 Å². The number of sulfonamides is 1. The van der Waals surface area contributed by atoms with E-state index in [1.807, 2.05) is 39.0 Å². The van der Waals surface area contributed by atoms with E-state index in [0.717, 1.165) is 36.9 Å². The van der Waals surface area contributed by atoms with Crippen molar-refractivity contribution >= 4 is 64.7 Å². The molecule has 1 amide bonds. The Bertz CT molecular complexity index is 1450. The Morgan fingerprint density at radius 1 is 0.939 bits per heavy atom. The number of nitrogens with one attached hydrogen (secondary N) is 1. The Kier molecular flexibility index (Phi) is 6.35. The number of fused-ring (bicyclic) bond motifs is 1. The first-order chi connectivity index (χ1) is 15.6. The summed E-state index contributed by atoms with van der Waals surface area (Å²) in [6, 6.07) is 17.8. The van der Waals surface area contributed by atoms with Crippen LogP contribution in [-0.2, 0) is 10.0 Å². The summed E-state index contributed by atoms with van der Waals surface area (Å²) in [5.74, 6) is -0.177. The van der Waals surface area contributed by atoms with Gasteiger partial charge in [-0.15, -0.1) is 11.3 Å². The molecule has 0 atom stereocenters. The van der Waals surface area contributed by atoms with E-state index in [9.17, 15) is 13.2 Å². The van der Waals surface area contributed by atoms with Crippen molar-refractivity contribution in [2.75, 3.05) is 16.7 Å². The van der Waals surface area contributed by atoms with Gasteiger partial charge in [-0.1, -0.05) is 33.6 Å². The fraction of sp³-hybridized carbons (Fsp3) is 0.160. The largest absolute Gasteiger partial charge is 0.321 e. The van der Waals surface area contributed by atoms with Gasteiger partial charge in [-0.3, -0.25) is 9.10 Å². The molecule has 4 aromatic rings. The SMILES string of the molecule is Cc1cc(C)c(NC(=O)c2cc3cc(N(C)S(=O)(=O)c4ccc(Br)cc4)ccc3s2)c(C)c1. The van der Waals surface area contributed by atoms with Gasteiger partial charge in [0.15, 0.2) is 0 Å². The van der Waals surface area contributed by atoms with E-state index in [-0.39, 0.29) is 10.8 Å². The third-order valence-electron chi connectivity index (χ3n) is 5.47. The zero-order valence-corrected chi connectivity index (χ0v) is 21.9. The lowest BCUT2D eigenvalue weighted by atomic mass is 10.1. The van der Waals surface area contributed by atoms with Crippen molar-refractivity contribution < 1.29 is 13.2 Å². The number of benzene rings is 3. The van der Waals surface area contributed by atoms with E-state index < -0.39 is 10.0 Å². The lowest BCUT2D eigenvalue weighted by molar-refractivity contribution is 0.103. The Balaban J connectivity index is 1.62. The molecule has 0 saturated heterocycles. The van der Waals surface area contributed by atoms with Crippen LogP contribution in [0.4, 0.5) is 11.4 Å². The molecular weight excluding hydrogens is 520 g/mol. The normalized spacial score (nSPS) is 11.5. The van der Waals surface area contributed by atoms with Crippen molar-refractivity contribution in [1.29, 1.82) is 0 Å². The second-order valence-corrected chi connectivity index (χ2v) is 12.0. The Morgan fingerprint density at radius 3 is 2.21 bits per heavy atom. The maximum Gasteiger partial charge on any atom is 0.265 e. The predicted molar refractivity (Wildman–Crippen MR) is 140 cm³/mol. The summed E-state index contributed by atoms with van der Waals surface area (Å²) in [6.07, 6.45) is 0. The molecule has 0 spiro atoms. The number of aryl methyl sites for hydroxylation is 3. The van der Waals surface area contributed by atoms with Crippen molar-refractivity contribution in [3.05, 3.63) is 86.7 Å². The Labute approximate surface area is 206 Å². The molecule has 170 valence electrons. The van der Waals surface area contributed by atoms with Gasteiger partial charge in [0.2, 0.25) is 0 Å². The molecular formula is C25H23BrN2O3S2. The van der Waals surface area contributed by atoms with Crippen molar-refractivity contribution in [1.82, 2.24) is 0 Å². The lowest BCUT2D eigenvalue weighted by Crippen LogP contribution is -2.26. The molecule has 4 rings (SSSR count). The highest BCUT2D eigenvalue weighted by atomic mass is 79.9. The zero-order valence-electron chi connectivity index (χ0n) is 18.6. The number of carbonyl (C=O) groups is 1. The average Bonchev–Trinajstić information content (AvgIpc) is 3.19. The van der Waals surface area contributed by atoms with Crippen LogP contribution in [-0.4, -0.2) is 21.4 Å². The quantitative estimate of drug-likeness (QED) is 0.306. The van der Waals surface area contributed by atoms with Crippen molar-refractivity contribution in [3.63, 3.8) is 0 Å². The van der Waals surface area contributed by atoms with Crippen LogP contribution in [0.3, 0.4) is 0 Å². The highest BCUT2D eigenvalue weighted by Crippen LogP contribution is 2.32. The van der Waals surface area contributed by atoms with Crippen LogP contribution in [0.1, 0.15) is 26.4 Å². The van der Waals surface area contributed by atoms with Gasteiger partial charge in [0, 0.05) is 21.9 Å². The van der Waals surface area contributed by atoms with E-state index in [4.69, 9.17) is 0 Å². The van der Waals surface area contributed by atoms with Crippen LogP contribution < -0.4 is 9.62 Å². The minimum Gasteiger partial charge on any atom is -0.321 e. The van der Waals surface area contributed by atoms with E-state index >= 15 is 0 Å². The van der Waals surface area contributed by atoms with Gasteiger partial charge in [-0.25, -0.2) is 8.42 Å². The first kappa shape index (κ1) is 23.5. The molecule has 1 aromatic heterocycles. The molecule has 33 heavy (non-hydrogen) atoms. The number of nitrogens with zero attached hydrogens (tertiary/aromatic N) is 1. The van der Waals surface area contributed by atoms with Crippen molar-refractivity contribution in [2.45, 2.75) is 25.7 Å². The maximum absolute atomic E-state index is 13.0. The zero-order chi connectivity index (χ0) is 23.9. The Morgan fingerprint density at radius 2 is 1.58 bits per heavy atom. The van der Waals surface area contributed by atoms with Crippen molar-refractivity contribution in [2.24, 2.45) is 0 Å². The second-order valence-electron chi connectivity index (χ2n) is 7.99. The smallest absolute Gasteiger partial charge is 0.265 e. The fourth-order valence-electron chi connectivity index (χ4n) is 3.79. The molecule has 5 nitrogen and oxygen atoms in total. The van der Waals surface area contributed by atoms with E-state index in [1.165, 1.54) is 22.7 Å². The summed E-state index contributed by atoms with van der Waals surface area (Å²) in [5.41, 5.74) is 4.54. The maximum atomic E-state index is 13.0. The monoisotopic (exact) mass is 542 g/mol. The molecule has 0 aliphatic carbocycles. The summed E-state index contributed by atoms with van der Waals surface area (Å²) in [4.78, 5) is 13.7. The van der Waals surface area contributed by atoms with E-state index in [2.05, 4.69) is 21.2 Å². The Hall–Kier alpha value is -2.68. The number of hydrogen-bond donors (Lipinski definition) is 1. The van der Waals surface area contributed by atoms with Crippen LogP contribution in [0.2, 0.25) is 0 Å². The van der Waals surface area contributed by atoms with Gasteiger partial charge >= 0.3 is 0 Å². The topological polar surface area (TPSA) is 66.5 Å². The van der Waals surface area contributed by atoms with Crippen LogP contribution in [0.5, 0.6) is 0 Å². The fourth-order valence-corrected chi connectivity index (χ4v) is 6.18. The lowest BCUT2D eigenvalue weighted by Gasteiger charge is -2.19. The number of halogens is 1. The van der Waals surface area contributed by atoms with Gasteiger partial charge in [-0.05, 0) is 85.8 Å². The minimum absolute atomic E-state index is 0.177. The number of carbonyl (C=O) groups excluding carboxylic acids is 1. The highest BCUT2D eigenvalue weighted by molar-refractivity contribution is 9.10. The van der Waals surface area contributed by atoms with Crippen LogP contribution >= 0.6 is 27.3 Å². The van der Waals surface area contributed by atoms with Gasteiger partial charge in [0.05, 0.1) is 15.5 Å². The van der Waals surface area contributed by atoms with Gasteiger partial charge < -0.3 is 5.32 Å². The summed E-state index contributed by atoms with van der Waals surface area (Å²) >= 11 is 4.71. The summed E-state index contributed by atoms with van der Waals surface area (Å²) < 4.78 is 29.0. The molecule has 0 aliphatic heterocycles. The van der Waals surface area contributed by atoms with E-state index in [0.29, 0.717) is 10.6 Å². The summed E-state index contributed by atoms with van der Waals surface area (Å²) in [6.45, 7) is 5.99. The highest BCUT2D eigenvalue weighted by Gasteiger charge is 2.22. The molecule has 0 saturated carbocycles. The molecule has 0 unspecified atom stereocenters. The van der Waals surface area contributed by atoms with Crippen LogP contribution in [0, 0.1) is 20.8 Å². The first-order valence-corrected chi connectivity index (χ1v) is 13.3. The average molecular weight is 544 g/mol. The molecule has 3 aromatic carbocycles. The van der Waals surface area contributed by atoms with Crippen LogP contribution in [0.15, 0.2) is 70.0 Å². The second kappa shape index (κ2) is 8.93. The number of rotatable bonds is 5. The van der Waals surface area contributed by atoms with Gasteiger partial charge in [0.25, 0.3) is 15.9 Å². The molecule has 8 heteroatoms. The summed E-state index contributed by atoms with van der Waals surface area (Å²) in [5, 5.41) is 3.85. The minimum atomic E-state index is -3.70. The number of anilines is 2. The molecule has 1 heterocycles. The summed E-state index contributed by atoms with van der Waals surface area (Å²) in [7, 11) is -2.17. The number of thiophene rings is 1. The predicted octanol–water partition coefficient (Wildman–Crippen LogP) is 6.67. The van der Waals surface area contributed by atoms with Gasteiger partial charge in [-0.2, -0.15) is 0 Å². The number of amides is 1. The standard InChI is InChI=1S/C25H23BrN2O3S2/c1-15-11-16(2)24(17(3)12-15)27-25(29)23-14-18-13-20(7-10-22(18)32-23)28(4)33(30,31)21-8-5-19(26)6-9-21/h5-14H,1-4H3,(H,27,29). The molecule has 0 bridgehead atoms. The molecule has 0 radical (unpaired) electrons. The molecule has 1 N–H and O–H groups in total. The molecule has 0 aliphatic rings.